The number of pyridine rings is 1. The van der Waals surface area contributed by atoms with E-state index in [-0.39, 0.29) is 48.2 Å². The Hall–Kier alpha value is -3.08. The van der Waals surface area contributed by atoms with Crippen LogP contribution in [0.15, 0.2) is 36.5 Å². The highest BCUT2D eigenvalue weighted by atomic mass is 19.1. The van der Waals surface area contributed by atoms with Crippen LogP contribution in [0.5, 0.6) is 5.75 Å². The first kappa shape index (κ1) is 29.4. The standard InChI is InChI=1S/C31H43FN6O3/c1-18(2)34-31(40)27-11-9-22(16-38(27)17-24-25(32)6-5-7-28(24)41-4)35-30(39)21-8-10-26-23(15-21)29(37-36-26)20-12-13-33-19(3)14-20/h5-7,12-14,18,21-23,26-27,29,36-37H,8-11,15-17H2,1-4H3,(H,34,40)(H,35,39)/t21?,22-,23?,26?,27+,29?/m1/s1. The minimum Gasteiger partial charge on any atom is -0.496 e. The number of likely N-dealkylation sites (tertiary alicyclic amines) is 1. The number of nitrogens with zero attached hydrogens (tertiary/aromatic N) is 2. The maximum Gasteiger partial charge on any atom is 0.237 e. The van der Waals surface area contributed by atoms with Gasteiger partial charge in [-0.05, 0) is 88.6 Å². The summed E-state index contributed by atoms with van der Waals surface area (Å²) in [5.74, 6) is 0.310. The number of fused-ring (bicyclic) bond motifs is 1. The molecule has 1 aromatic heterocycles. The molecule has 5 rings (SSSR count). The van der Waals surface area contributed by atoms with E-state index in [2.05, 4.69) is 32.5 Å². The minimum absolute atomic E-state index is 0.000594. The zero-order valence-corrected chi connectivity index (χ0v) is 24.5. The molecule has 0 radical (unpaired) electrons. The number of methoxy groups -OCH3 is 1. The van der Waals surface area contributed by atoms with E-state index < -0.39 is 6.04 Å². The van der Waals surface area contributed by atoms with Gasteiger partial charge < -0.3 is 15.4 Å². The monoisotopic (exact) mass is 566 g/mol. The van der Waals surface area contributed by atoms with Crippen molar-refractivity contribution in [2.24, 2.45) is 11.8 Å². The molecule has 2 aromatic rings. The van der Waals surface area contributed by atoms with Crippen molar-refractivity contribution in [1.82, 2.24) is 31.4 Å². The number of carbonyl (C=O) groups excluding carboxylic acids is 2. The van der Waals surface area contributed by atoms with Gasteiger partial charge in [-0.3, -0.25) is 24.9 Å². The number of hydrogen-bond acceptors (Lipinski definition) is 7. The maximum atomic E-state index is 14.9. The van der Waals surface area contributed by atoms with Gasteiger partial charge >= 0.3 is 0 Å². The second kappa shape index (κ2) is 12.8. The highest BCUT2D eigenvalue weighted by Gasteiger charge is 2.43. The first-order valence-corrected chi connectivity index (χ1v) is 14.8. The molecule has 0 spiro atoms. The second-order valence-electron chi connectivity index (χ2n) is 12.1. The van der Waals surface area contributed by atoms with Crippen molar-refractivity contribution < 1.29 is 18.7 Å². The average Bonchev–Trinajstić information content (AvgIpc) is 3.37. The summed E-state index contributed by atoms with van der Waals surface area (Å²) >= 11 is 0. The first-order chi connectivity index (χ1) is 19.7. The molecule has 1 aromatic carbocycles. The average molecular weight is 567 g/mol. The van der Waals surface area contributed by atoms with E-state index in [1.165, 1.54) is 18.7 Å². The van der Waals surface area contributed by atoms with E-state index in [4.69, 9.17) is 4.74 Å². The summed E-state index contributed by atoms with van der Waals surface area (Å²) in [6.45, 7) is 6.53. The summed E-state index contributed by atoms with van der Waals surface area (Å²) in [5, 5.41) is 6.32. The van der Waals surface area contributed by atoms with E-state index in [0.29, 0.717) is 42.7 Å². The van der Waals surface area contributed by atoms with Crippen molar-refractivity contribution in [3.8, 4) is 5.75 Å². The lowest BCUT2D eigenvalue weighted by molar-refractivity contribution is -0.130. The Kier molecular flexibility index (Phi) is 9.21. The third-order valence-electron chi connectivity index (χ3n) is 8.82. The Labute approximate surface area is 242 Å². The predicted octanol–water partition coefficient (Wildman–Crippen LogP) is 3.15. The molecular formula is C31H43FN6O3. The molecule has 2 aliphatic heterocycles. The number of halogens is 1. The van der Waals surface area contributed by atoms with E-state index >= 15 is 0 Å². The van der Waals surface area contributed by atoms with Crippen LogP contribution in [0.2, 0.25) is 0 Å². The molecule has 2 amide bonds. The molecule has 3 aliphatic rings. The third-order valence-corrected chi connectivity index (χ3v) is 8.82. The maximum absolute atomic E-state index is 14.9. The summed E-state index contributed by atoms with van der Waals surface area (Å²) in [6, 6.07) is 8.85. The van der Waals surface area contributed by atoms with Crippen molar-refractivity contribution >= 4 is 11.8 Å². The van der Waals surface area contributed by atoms with E-state index in [1.807, 2.05) is 37.9 Å². The number of carbonyl (C=O) groups is 2. The number of hydrogen-bond donors (Lipinski definition) is 4. The van der Waals surface area contributed by atoms with E-state index in [9.17, 15) is 14.0 Å². The lowest BCUT2D eigenvalue weighted by Crippen LogP contribution is -2.57. The number of nitrogens with one attached hydrogen (secondary N) is 4. The van der Waals surface area contributed by atoms with Crippen LogP contribution in [0.1, 0.15) is 68.8 Å². The van der Waals surface area contributed by atoms with Crippen LogP contribution in [0.25, 0.3) is 0 Å². The molecule has 9 nitrogen and oxygen atoms in total. The molecule has 222 valence electrons. The van der Waals surface area contributed by atoms with Gasteiger partial charge in [0, 0.05) is 54.6 Å². The normalized spacial score (nSPS) is 28.2. The summed E-state index contributed by atoms with van der Waals surface area (Å²) < 4.78 is 20.3. The van der Waals surface area contributed by atoms with Crippen LogP contribution < -0.4 is 26.2 Å². The third kappa shape index (κ3) is 6.71. The van der Waals surface area contributed by atoms with Gasteiger partial charge in [-0.1, -0.05) is 6.07 Å². The molecule has 1 aliphatic carbocycles. The largest absolute Gasteiger partial charge is 0.496 e. The Bertz CT molecular complexity index is 1240. The van der Waals surface area contributed by atoms with Crippen LogP contribution in [0.3, 0.4) is 0 Å². The van der Waals surface area contributed by atoms with Crippen molar-refractivity contribution in [3.63, 3.8) is 0 Å². The molecule has 4 N–H and O–H groups in total. The predicted molar refractivity (Wildman–Crippen MR) is 154 cm³/mol. The van der Waals surface area contributed by atoms with Gasteiger partial charge in [0.05, 0.1) is 19.2 Å². The van der Waals surface area contributed by atoms with Gasteiger partial charge in [0.25, 0.3) is 0 Å². The molecule has 2 saturated heterocycles. The van der Waals surface area contributed by atoms with Crippen molar-refractivity contribution in [3.05, 3.63) is 59.2 Å². The Morgan fingerprint density at radius 2 is 1.98 bits per heavy atom. The van der Waals surface area contributed by atoms with Gasteiger partial charge in [-0.25, -0.2) is 9.82 Å². The number of aryl methyl sites for hydroxylation is 1. The summed E-state index contributed by atoms with van der Waals surface area (Å²) in [7, 11) is 1.52. The summed E-state index contributed by atoms with van der Waals surface area (Å²) in [5.41, 5.74) is 9.50. The van der Waals surface area contributed by atoms with E-state index in [1.54, 1.807) is 12.1 Å². The highest BCUT2D eigenvalue weighted by molar-refractivity contribution is 5.82. The molecular weight excluding hydrogens is 523 g/mol. The van der Waals surface area contributed by atoms with Crippen molar-refractivity contribution in [2.75, 3.05) is 13.7 Å². The van der Waals surface area contributed by atoms with Gasteiger partial charge in [-0.2, -0.15) is 0 Å². The Morgan fingerprint density at radius 3 is 2.73 bits per heavy atom. The number of hydrazine groups is 1. The molecule has 0 bridgehead atoms. The first-order valence-electron chi connectivity index (χ1n) is 14.8. The second-order valence-corrected chi connectivity index (χ2v) is 12.1. The zero-order chi connectivity index (χ0) is 29.1. The number of ether oxygens (including phenoxy) is 1. The fourth-order valence-corrected chi connectivity index (χ4v) is 6.81. The van der Waals surface area contributed by atoms with Crippen molar-refractivity contribution in [1.29, 1.82) is 0 Å². The zero-order valence-electron chi connectivity index (χ0n) is 24.5. The van der Waals surface area contributed by atoms with Crippen LogP contribution in [-0.4, -0.2) is 59.5 Å². The highest BCUT2D eigenvalue weighted by Crippen LogP contribution is 2.40. The molecule has 41 heavy (non-hydrogen) atoms. The number of aromatic nitrogens is 1. The SMILES string of the molecule is COc1cccc(F)c1CN1C[C@H](NC(=O)C2CCC3NNC(c4ccnc(C)c4)C3C2)CC[C@H]1C(=O)NC(C)C. The molecule has 1 saturated carbocycles. The Balaban J connectivity index is 1.26. The topological polar surface area (TPSA) is 108 Å². The quantitative estimate of drug-likeness (QED) is 0.389. The molecule has 3 fully saturated rings. The number of rotatable bonds is 8. The fourth-order valence-electron chi connectivity index (χ4n) is 6.81. The summed E-state index contributed by atoms with van der Waals surface area (Å²) in [4.78, 5) is 33.0. The van der Waals surface area contributed by atoms with Crippen LogP contribution in [-0.2, 0) is 16.1 Å². The van der Waals surface area contributed by atoms with Crippen LogP contribution in [0.4, 0.5) is 4.39 Å². The lowest BCUT2D eigenvalue weighted by atomic mass is 9.74. The van der Waals surface area contributed by atoms with Crippen molar-refractivity contribution in [2.45, 2.75) is 89.6 Å². The summed E-state index contributed by atoms with van der Waals surface area (Å²) in [6.07, 6.45) is 5.65. The van der Waals surface area contributed by atoms with Gasteiger partial charge in [0.2, 0.25) is 11.8 Å². The molecule has 10 heteroatoms. The van der Waals surface area contributed by atoms with E-state index in [0.717, 1.165) is 25.0 Å². The number of benzene rings is 1. The Morgan fingerprint density at radius 1 is 1.15 bits per heavy atom. The van der Waals surface area contributed by atoms with Gasteiger partial charge in [0.1, 0.15) is 11.6 Å². The smallest absolute Gasteiger partial charge is 0.237 e. The fraction of sp³-hybridized carbons (Fsp3) is 0.581. The molecule has 3 heterocycles. The van der Waals surface area contributed by atoms with Gasteiger partial charge in [0.15, 0.2) is 0 Å². The number of piperidine rings is 1. The van der Waals surface area contributed by atoms with Crippen LogP contribution >= 0.6 is 0 Å². The van der Waals surface area contributed by atoms with Crippen LogP contribution in [0, 0.1) is 24.6 Å². The molecule has 6 atom stereocenters. The molecule has 4 unspecified atom stereocenters. The minimum atomic E-state index is -0.412. The number of amides is 2. The van der Waals surface area contributed by atoms with Gasteiger partial charge in [-0.15, -0.1) is 0 Å². The lowest BCUT2D eigenvalue weighted by Gasteiger charge is -2.40.